The van der Waals surface area contributed by atoms with E-state index in [1.54, 1.807) is 36.4 Å². The van der Waals surface area contributed by atoms with Crippen molar-refractivity contribution in [2.24, 2.45) is 0 Å². The summed E-state index contributed by atoms with van der Waals surface area (Å²) in [5.74, 6) is 0.172. The van der Waals surface area contributed by atoms with Crippen LogP contribution in [0.2, 0.25) is 0 Å². The number of phenols is 2. The predicted octanol–water partition coefficient (Wildman–Crippen LogP) is 3.22. The molecule has 0 saturated carbocycles. The molecule has 106 valence electrons. The maximum Gasteiger partial charge on any atom is 0.319 e. The molecule has 0 saturated heterocycles. The van der Waals surface area contributed by atoms with Gasteiger partial charge < -0.3 is 19.3 Å². The zero-order valence-electron chi connectivity index (χ0n) is 10.7. The fourth-order valence-electron chi connectivity index (χ4n) is 1.58. The highest BCUT2D eigenvalue weighted by Gasteiger charge is 2.06. The Balaban J connectivity index is 1.82. The molecule has 0 aromatic heterocycles. The maximum atomic E-state index is 11.6. The van der Waals surface area contributed by atoms with E-state index in [1.165, 1.54) is 12.1 Å². The summed E-state index contributed by atoms with van der Waals surface area (Å²) in [5.41, 5.74) is 1.08. The summed E-state index contributed by atoms with van der Waals surface area (Å²) in [6.45, 7) is 0.0104. The van der Waals surface area contributed by atoms with E-state index >= 15 is 0 Å². The van der Waals surface area contributed by atoms with Crippen LogP contribution in [0.25, 0.3) is 0 Å². The molecule has 0 atom stereocenters. The molecule has 0 heterocycles. The lowest BCUT2D eigenvalue weighted by atomic mass is 10.2. The van der Waals surface area contributed by atoms with Crippen molar-refractivity contribution in [1.29, 1.82) is 0 Å². The van der Waals surface area contributed by atoms with Crippen LogP contribution in [0, 0.1) is 0 Å². The molecular weight excluding hydrogens is 279 g/mol. The van der Waals surface area contributed by atoms with Gasteiger partial charge in [0.1, 0.15) is 11.5 Å². The van der Waals surface area contributed by atoms with Gasteiger partial charge in [0.2, 0.25) is 0 Å². The van der Waals surface area contributed by atoms with Gasteiger partial charge in [0.15, 0.2) is 0 Å². The largest absolute Gasteiger partial charge is 0.508 e. The highest BCUT2D eigenvalue weighted by atomic mass is 31.1. The first-order valence-corrected chi connectivity index (χ1v) is 7.22. The second kappa shape index (κ2) is 7.10. The summed E-state index contributed by atoms with van der Waals surface area (Å²) < 4.78 is 21.7. The summed E-state index contributed by atoms with van der Waals surface area (Å²) in [4.78, 5) is 0. The fourth-order valence-corrected chi connectivity index (χ4v) is 2.21. The third-order valence-electron chi connectivity index (χ3n) is 2.67. The van der Waals surface area contributed by atoms with E-state index in [1.807, 2.05) is 0 Å². The monoisotopic (exact) mass is 294 g/mol. The zero-order valence-corrected chi connectivity index (χ0v) is 11.7. The number of phenolic OH excluding ortho intramolecular Hbond substituents is 2. The van der Waals surface area contributed by atoms with Crippen LogP contribution in [0.3, 0.4) is 0 Å². The topological polar surface area (TPSA) is 76.0 Å². The van der Waals surface area contributed by atoms with Gasteiger partial charge in [-0.3, -0.25) is 4.57 Å². The van der Waals surface area contributed by atoms with E-state index in [4.69, 9.17) is 9.05 Å². The summed E-state index contributed by atoms with van der Waals surface area (Å²) in [5, 5.41) is 19.0. The summed E-state index contributed by atoms with van der Waals surface area (Å²) >= 11 is 0. The molecule has 20 heavy (non-hydrogen) atoms. The minimum atomic E-state index is -2.69. The fraction of sp³-hybridized carbons (Fsp3) is 0.143. The molecule has 6 heteroatoms. The summed E-state index contributed by atoms with van der Waals surface area (Å²) in [7, 11) is -2.69. The van der Waals surface area contributed by atoms with Gasteiger partial charge in [-0.05, 0) is 12.1 Å². The Morgan fingerprint density at radius 3 is 1.60 bits per heavy atom. The molecule has 0 amide bonds. The lowest BCUT2D eigenvalue weighted by molar-refractivity contribution is 0.209. The Bertz CT molecular complexity index is 548. The normalized spacial score (nSPS) is 10.8. The lowest BCUT2D eigenvalue weighted by Crippen LogP contribution is -1.90. The Kier molecular flexibility index (Phi) is 5.18. The first kappa shape index (κ1) is 14.6. The third-order valence-corrected chi connectivity index (χ3v) is 3.43. The van der Waals surface area contributed by atoms with Crippen molar-refractivity contribution in [3.05, 3.63) is 59.7 Å². The van der Waals surface area contributed by atoms with Crippen molar-refractivity contribution in [1.82, 2.24) is 0 Å². The molecule has 0 radical (unpaired) electrons. The van der Waals surface area contributed by atoms with Gasteiger partial charge in [0.05, 0.1) is 13.2 Å². The van der Waals surface area contributed by atoms with Crippen molar-refractivity contribution in [2.75, 3.05) is 0 Å². The Labute approximate surface area is 117 Å². The van der Waals surface area contributed by atoms with E-state index in [-0.39, 0.29) is 24.7 Å². The van der Waals surface area contributed by atoms with Gasteiger partial charge in [-0.1, -0.05) is 36.4 Å². The zero-order chi connectivity index (χ0) is 14.4. The van der Waals surface area contributed by atoms with Gasteiger partial charge in [-0.25, -0.2) is 0 Å². The maximum absolute atomic E-state index is 11.6. The second-order valence-corrected chi connectivity index (χ2v) is 5.16. The van der Waals surface area contributed by atoms with Crippen LogP contribution in [0.15, 0.2) is 48.5 Å². The van der Waals surface area contributed by atoms with Gasteiger partial charge in [0, 0.05) is 11.1 Å². The molecule has 2 rings (SSSR count). The predicted molar refractivity (Wildman–Crippen MR) is 74.8 cm³/mol. The molecule has 0 unspecified atom stereocenters. The molecule has 0 aliphatic heterocycles. The average Bonchev–Trinajstić information content (AvgIpc) is 2.45. The van der Waals surface area contributed by atoms with Gasteiger partial charge in [-0.2, -0.15) is 0 Å². The van der Waals surface area contributed by atoms with Crippen molar-refractivity contribution in [2.45, 2.75) is 13.2 Å². The molecule has 0 aliphatic carbocycles. The molecule has 0 bridgehead atoms. The number of para-hydroxylation sites is 2. The molecule has 2 N–H and O–H groups in total. The van der Waals surface area contributed by atoms with Crippen LogP contribution >= 0.6 is 8.25 Å². The van der Waals surface area contributed by atoms with Crippen LogP contribution < -0.4 is 0 Å². The van der Waals surface area contributed by atoms with Crippen LogP contribution in [0.1, 0.15) is 11.1 Å². The Hall–Kier alpha value is -1.81. The summed E-state index contributed by atoms with van der Waals surface area (Å²) in [6, 6.07) is 13.3. The lowest BCUT2D eigenvalue weighted by Gasteiger charge is -2.08. The first-order chi connectivity index (χ1) is 9.66. The Morgan fingerprint density at radius 1 is 0.800 bits per heavy atom. The van der Waals surface area contributed by atoms with Crippen LogP contribution in [-0.2, 0) is 26.8 Å². The third kappa shape index (κ3) is 4.10. The molecule has 0 spiro atoms. The van der Waals surface area contributed by atoms with E-state index in [0.717, 1.165) is 0 Å². The van der Waals surface area contributed by atoms with Crippen molar-refractivity contribution in [3.63, 3.8) is 0 Å². The van der Waals surface area contributed by atoms with Crippen molar-refractivity contribution in [3.8, 4) is 11.5 Å². The average molecular weight is 294 g/mol. The second-order valence-electron chi connectivity index (χ2n) is 4.08. The van der Waals surface area contributed by atoms with Crippen LogP contribution in [0.5, 0.6) is 11.5 Å². The number of rotatable bonds is 6. The smallest absolute Gasteiger partial charge is 0.319 e. The molecule has 5 nitrogen and oxygen atoms in total. The number of aromatic hydroxyl groups is 2. The minimum Gasteiger partial charge on any atom is -0.508 e. The Morgan fingerprint density at radius 2 is 1.20 bits per heavy atom. The van der Waals surface area contributed by atoms with Crippen molar-refractivity contribution < 1.29 is 23.8 Å². The van der Waals surface area contributed by atoms with Gasteiger partial charge >= 0.3 is 8.25 Å². The van der Waals surface area contributed by atoms with E-state index < -0.39 is 8.25 Å². The molecule has 0 fully saturated rings. The molecular formula is C14H15O5P. The van der Waals surface area contributed by atoms with E-state index in [9.17, 15) is 14.8 Å². The van der Waals surface area contributed by atoms with Crippen LogP contribution in [-0.4, -0.2) is 10.2 Å². The standard InChI is InChI=1S/C14H15O5P/c15-13-7-3-1-5-11(13)9-18-20(17)19-10-12-6-2-4-8-14(12)16/h1-8,15-16,20H,9-10H2. The van der Waals surface area contributed by atoms with E-state index in [0.29, 0.717) is 11.1 Å². The van der Waals surface area contributed by atoms with Crippen molar-refractivity contribution >= 4 is 8.25 Å². The highest BCUT2D eigenvalue weighted by Crippen LogP contribution is 2.30. The quantitative estimate of drug-likeness (QED) is 0.800. The first-order valence-electron chi connectivity index (χ1n) is 6.00. The summed E-state index contributed by atoms with van der Waals surface area (Å²) in [6.07, 6.45) is 0. The number of hydrogen-bond acceptors (Lipinski definition) is 5. The number of benzene rings is 2. The molecule has 0 aliphatic rings. The molecule has 2 aromatic rings. The number of hydrogen-bond donors (Lipinski definition) is 2. The minimum absolute atomic E-state index is 0.00520. The molecule has 2 aromatic carbocycles. The van der Waals surface area contributed by atoms with Gasteiger partial charge in [-0.15, -0.1) is 0 Å². The highest BCUT2D eigenvalue weighted by molar-refractivity contribution is 7.33. The van der Waals surface area contributed by atoms with E-state index in [2.05, 4.69) is 0 Å². The van der Waals surface area contributed by atoms with Crippen LogP contribution in [0.4, 0.5) is 0 Å². The van der Waals surface area contributed by atoms with Gasteiger partial charge in [0.25, 0.3) is 0 Å². The SMILES string of the molecule is O=[PH](OCc1ccccc1O)OCc1ccccc1O.